The second kappa shape index (κ2) is 6.28. The van der Waals surface area contributed by atoms with E-state index < -0.39 is 16.8 Å². The number of rotatable bonds is 7. The monoisotopic (exact) mass is 268 g/mol. The van der Waals surface area contributed by atoms with Crippen molar-refractivity contribution in [2.24, 2.45) is 5.73 Å². The number of hydrogen-bond acceptors (Lipinski definition) is 6. The van der Waals surface area contributed by atoms with Crippen LogP contribution in [0.5, 0.6) is 0 Å². The Morgan fingerprint density at radius 3 is 2.68 bits per heavy atom. The van der Waals surface area contributed by atoms with E-state index in [9.17, 15) is 19.7 Å². The number of nitrogens with zero attached hydrogens (tertiary/aromatic N) is 2. The fraction of sp³-hybridized carbons (Fsp3) is 0.300. The number of nitrogens with two attached hydrogens (primary N) is 1. The minimum Gasteiger partial charge on any atom is -0.477 e. The van der Waals surface area contributed by atoms with Gasteiger partial charge >= 0.3 is 11.7 Å². The maximum atomic E-state index is 10.7. The molecule has 0 spiro atoms. The molecule has 0 unspecified atom stereocenters. The molecular formula is C10H12N4O5. The molecule has 1 rings (SSSR count). The zero-order chi connectivity index (χ0) is 14.4. The Hall–Kier alpha value is -2.71. The Balaban J connectivity index is 2.82. The topological polar surface area (TPSA) is 148 Å². The van der Waals surface area contributed by atoms with Gasteiger partial charge in [0.1, 0.15) is 0 Å². The average molecular weight is 268 g/mol. The second-order valence-corrected chi connectivity index (χ2v) is 3.62. The van der Waals surface area contributed by atoms with E-state index in [0.29, 0.717) is 6.42 Å². The Kier molecular flexibility index (Phi) is 4.75. The van der Waals surface area contributed by atoms with Gasteiger partial charge in [-0.05, 0) is 12.5 Å². The summed E-state index contributed by atoms with van der Waals surface area (Å²) >= 11 is 0. The molecule has 0 aliphatic rings. The number of nitro groups is 1. The lowest BCUT2D eigenvalue weighted by atomic mass is 10.3. The molecule has 0 bridgehead atoms. The van der Waals surface area contributed by atoms with E-state index in [2.05, 4.69) is 10.3 Å². The number of hydrogen-bond donors (Lipinski definition) is 3. The van der Waals surface area contributed by atoms with Crippen molar-refractivity contribution in [2.75, 3.05) is 11.9 Å². The van der Waals surface area contributed by atoms with Crippen LogP contribution in [0.2, 0.25) is 0 Å². The van der Waals surface area contributed by atoms with Gasteiger partial charge in [0, 0.05) is 19.0 Å². The first-order chi connectivity index (χ1) is 8.91. The third kappa shape index (κ3) is 4.22. The molecule has 0 atom stereocenters. The lowest BCUT2D eigenvalue weighted by Crippen LogP contribution is -2.14. The van der Waals surface area contributed by atoms with Gasteiger partial charge in [0.15, 0.2) is 5.69 Å². The highest BCUT2D eigenvalue weighted by Crippen LogP contribution is 2.22. The number of carboxylic acid groups (broad SMARTS) is 1. The third-order valence-electron chi connectivity index (χ3n) is 2.18. The van der Waals surface area contributed by atoms with E-state index in [-0.39, 0.29) is 30.2 Å². The molecule has 19 heavy (non-hydrogen) atoms. The van der Waals surface area contributed by atoms with Crippen molar-refractivity contribution in [1.29, 1.82) is 0 Å². The zero-order valence-electron chi connectivity index (χ0n) is 9.83. The Labute approximate surface area is 107 Å². The van der Waals surface area contributed by atoms with E-state index >= 15 is 0 Å². The van der Waals surface area contributed by atoms with Gasteiger partial charge in [-0.1, -0.05) is 0 Å². The summed E-state index contributed by atoms with van der Waals surface area (Å²) in [7, 11) is 0. The van der Waals surface area contributed by atoms with Gasteiger partial charge in [0.25, 0.3) is 0 Å². The number of nitrogens with one attached hydrogen (secondary N) is 1. The number of carbonyl (C=O) groups is 2. The number of carbonyl (C=O) groups excluding carboxylic acids is 1. The molecule has 4 N–H and O–H groups in total. The summed E-state index contributed by atoms with van der Waals surface area (Å²) in [6.45, 7) is 0.222. The first-order valence-electron chi connectivity index (χ1n) is 5.32. The number of anilines is 1. The minimum absolute atomic E-state index is 0.124. The lowest BCUT2D eigenvalue weighted by molar-refractivity contribution is -0.384. The Morgan fingerprint density at radius 2 is 2.16 bits per heavy atom. The number of amides is 1. The second-order valence-electron chi connectivity index (χ2n) is 3.62. The molecule has 102 valence electrons. The summed E-state index contributed by atoms with van der Waals surface area (Å²) in [5.41, 5.74) is 4.31. The first kappa shape index (κ1) is 14.4. The Morgan fingerprint density at radius 1 is 1.47 bits per heavy atom. The van der Waals surface area contributed by atoms with Crippen LogP contribution in [0.3, 0.4) is 0 Å². The van der Waals surface area contributed by atoms with Crippen LogP contribution in [0.1, 0.15) is 23.3 Å². The van der Waals surface area contributed by atoms with Gasteiger partial charge in [0.2, 0.25) is 11.7 Å². The normalized spacial score (nSPS) is 9.89. The van der Waals surface area contributed by atoms with Crippen molar-refractivity contribution in [3.05, 3.63) is 27.9 Å². The standard InChI is InChI=1S/C10H12N4O5/c11-8(15)2-1-5-12-9-7(14(18)19)4-3-6(13-9)10(16)17/h3-4H,1-2,5H2,(H2,11,15)(H,12,13)(H,16,17). The largest absolute Gasteiger partial charge is 0.477 e. The van der Waals surface area contributed by atoms with Crippen LogP contribution in [0.25, 0.3) is 0 Å². The van der Waals surface area contributed by atoms with E-state index in [1.807, 2.05) is 0 Å². The van der Waals surface area contributed by atoms with Crippen LogP contribution >= 0.6 is 0 Å². The molecular weight excluding hydrogens is 256 g/mol. The van der Waals surface area contributed by atoms with E-state index in [1.54, 1.807) is 0 Å². The summed E-state index contributed by atoms with van der Waals surface area (Å²) in [4.78, 5) is 35.0. The molecule has 0 saturated heterocycles. The van der Waals surface area contributed by atoms with Crippen LogP contribution in [0.4, 0.5) is 11.5 Å². The number of aromatic nitrogens is 1. The van der Waals surface area contributed by atoms with Gasteiger partial charge in [-0.15, -0.1) is 0 Å². The predicted molar refractivity (Wildman–Crippen MR) is 64.8 cm³/mol. The molecule has 0 radical (unpaired) electrons. The summed E-state index contributed by atoms with van der Waals surface area (Å²) in [6.07, 6.45) is 0.491. The van der Waals surface area contributed by atoms with Gasteiger partial charge in [-0.3, -0.25) is 14.9 Å². The van der Waals surface area contributed by atoms with Crippen LogP contribution in [0, 0.1) is 10.1 Å². The lowest BCUT2D eigenvalue weighted by Gasteiger charge is -2.06. The quantitative estimate of drug-likeness (QED) is 0.367. The summed E-state index contributed by atoms with van der Waals surface area (Å²) in [5, 5.41) is 22.1. The van der Waals surface area contributed by atoms with Crippen molar-refractivity contribution in [3.63, 3.8) is 0 Å². The third-order valence-corrected chi connectivity index (χ3v) is 2.18. The summed E-state index contributed by atoms with van der Waals surface area (Å²) in [5.74, 6) is -1.91. The van der Waals surface area contributed by atoms with Gasteiger partial charge in [-0.2, -0.15) is 0 Å². The maximum absolute atomic E-state index is 10.7. The van der Waals surface area contributed by atoms with E-state index in [0.717, 1.165) is 12.1 Å². The molecule has 1 heterocycles. The van der Waals surface area contributed by atoms with Gasteiger partial charge in [0.05, 0.1) is 4.92 Å². The van der Waals surface area contributed by atoms with Gasteiger partial charge in [-0.25, -0.2) is 9.78 Å². The Bertz CT molecular complexity index is 517. The minimum atomic E-state index is -1.28. The number of pyridine rings is 1. The molecule has 1 aromatic rings. The molecule has 0 aromatic carbocycles. The zero-order valence-corrected chi connectivity index (χ0v) is 9.83. The summed E-state index contributed by atoms with van der Waals surface area (Å²) < 4.78 is 0. The van der Waals surface area contributed by atoms with E-state index in [4.69, 9.17) is 10.8 Å². The molecule has 0 aliphatic heterocycles. The van der Waals surface area contributed by atoms with Crippen molar-refractivity contribution in [2.45, 2.75) is 12.8 Å². The number of carboxylic acids is 1. The highest BCUT2D eigenvalue weighted by Gasteiger charge is 2.17. The maximum Gasteiger partial charge on any atom is 0.354 e. The van der Waals surface area contributed by atoms with Crippen LogP contribution in [0.15, 0.2) is 12.1 Å². The van der Waals surface area contributed by atoms with E-state index in [1.165, 1.54) is 0 Å². The van der Waals surface area contributed by atoms with Crippen LogP contribution < -0.4 is 11.1 Å². The highest BCUT2D eigenvalue weighted by atomic mass is 16.6. The van der Waals surface area contributed by atoms with Gasteiger partial charge < -0.3 is 16.2 Å². The van der Waals surface area contributed by atoms with Crippen molar-refractivity contribution in [1.82, 2.24) is 4.98 Å². The van der Waals surface area contributed by atoms with Crippen molar-refractivity contribution < 1.29 is 19.6 Å². The molecule has 9 nitrogen and oxygen atoms in total. The fourth-order valence-electron chi connectivity index (χ4n) is 1.32. The molecule has 0 aliphatic carbocycles. The molecule has 0 fully saturated rings. The van der Waals surface area contributed by atoms with Crippen LogP contribution in [-0.2, 0) is 4.79 Å². The molecule has 0 saturated carbocycles. The average Bonchev–Trinajstić information content (AvgIpc) is 2.33. The number of primary amides is 1. The fourth-order valence-corrected chi connectivity index (χ4v) is 1.32. The van der Waals surface area contributed by atoms with Crippen LogP contribution in [-0.4, -0.2) is 33.4 Å². The predicted octanol–water partition coefficient (Wildman–Crippen LogP) is 0.365. The highest BCUT2D eigenvalue weighted by molar-refractivity contribution is 5.86. The SMILES string of the molecule is NC(=O)CCCNc1nc(C(=O)O)ccc1[N+](=O)[O-]. The van der Waals surface area contributed by atoms with Crippen molar-refractivity contribution >= 4 is 23.4 Å². The smallest absolute Gasteiger partial charge is 0.354 e. The first-order valence-corrected chi connectivity index (χ1v) is 5.32. The molecule has 1 aromatic heterocycles. The van der Waals surface area contributed by atoms with Crippen molar-refractivity contribution in [3.8, 4) is 0 Å². The summed E-state index contributed by atoms with van der Waals surface area (Å²) in [6, 6.07) is 2.11. The molecule has 1 amide bonds. The molecule has 9 heteroatoms. The number of aromatic carboxylic acids is 1.